The van der Waals surface area contributed by atoms with Crippen LogP contribution in [0, 0.1) is 12.7 Å². The van der Waals surface area contributed by atoms with Crippen LogP contribution >= 0.6 is 0 Å². The topological polar surface area (TPSA) is 18.5 Å². The maximum atomic E-state index is 13.0. The third-order valence-electron chi connectivity index (χ3n) is 2.59. The van der Waals surface area contributed by atoms with Gasteiger partial charge in [-0.1, -0.05) is 0 Å². The summed E-state index contributed by atoms with van der Waals surface area (Å²) in [7, 11) is 0. The summed E-state index contributed by atoms with van der Waals surface area (Å²) in [5.41, 5.74) is 0.611. The van der Waals surface area contributed by atoms with Crippen LogP contribution in [0.15, 0.2) is 18.2 Å². The van der Waals surface area contributed by atoms with E-state index in [1.807, 2.05) is 0 Å². The Balaban J connectivity index is 1.90. The molecule has 1 atom stereocenters. The Morgan fingerprint density at radius 2 is 2.40 bits per heavy atom. The van der Waals surface area contributed by atoms with Gasteiger partial charge < -0.3 is 9.47 Å². The molecule has 2 nitrogen and oxygen atoms in total. The number of benzene rings is 1. The third kappa shape index (κ3) is 2.69. The average molecular weight is 210 g/mol. The molecule has 3 heteroatoms. The van der Waals surface area contributed by atoms with E-state index in [2.05, 4.69) is 0 Å². The van der Waals surface area contributed by atoms with E-state index in [0.29, 0.717) is 17.9 Å². The molecule has 1 aliphatic rings. The van der Waals surface area contributed by atoms with E-state index in [0.717, 1.165) is 19.4 Å². The van der Waals surface area contributed by atoms with Gasteiger partial charge >= 0.3 is 0 Å². The van der Waals surface area contributed by atoms with E-state index in [1.54, 1.807) is 19.1 Å². The second-order valence-corrected chi connectivity index (χ2v) is 3.86. The third-order valence-corrected chi connectivity index (χ3v) is 2.59. The fraction of sp³-hybridized carbons (Fsp3) is 0.500. The molecule has 1 fully saturated rings. The van der Waals surface area contributed by atoms with E-state index in [9.17, 15) is 4.39 Å². The number of hydrogen-bond acceptors (Lipinski definition) is 2. The summed E-state index contributed by atoms with van der Waals surface area (Å²) in [4.78, 5) is 0. The zero-order valence-electron chi connectivity index (χ0n) is 8.83. The van der Waals surface area contributed by atoms with Crippen LogP contribution in [0.1, 0.15) is 18.4 Å². The maximum Gasteiger partial charge on any atom is 0.126 e. The fourth-order valence-corrected chi connectivity index (χ4v) is 1.67. The lowest BCUT2D eigenvalue weighted by Gasteiger charge is -2.11. The summed E-state index contributed by atoms with van der Waals surface area (Å²) in [5.74, 6) is 0.517. The van der Waals surface area contributed by atoms with Crippen LogP contribution in [-0.2, 0) is 4.74 Å². The van der Waals surface area contributed by atoms with Crippen molar-refractivity contribution >= 4 is 0 Å². The van der Waals surface area contributed by atoms with Gasteiger partial charge in [0.25, 0.3) is 0 Å². The summed E-state index contributed by atoms with van der Waals surface area (Å²) >= 11 is 0. The van der Waals surface area contributed by atoms with Gasteiger partial charge in [0.15, 0.2) is 0 Å². The Bertz CT molecular complexity index is 332. The average Bonchev–Trinajstić information content (AvgIpc) is 2.73. The van der Waals surface area contributed by atoms with Crippen molar-refractivity contribution in [1.29, 1.82) is 0 Å². The first-order valence-corrected chi connectivity index (χ1v) is 5.26. The number of rotatable bonds is 3. The van der Waals surface area contributed by atoms with E-state index in [-0.39, 0.29) is 11.9 Å². The van der Waals surface area contributed by atoms with Crippen molar-refractivity contribution in [2.45, 2.75) is 25.9 Å². The molecule has 0 spiro atoms. The first-order chi connectivity index (χ1) is 7.25. The molecule has 1 saturated heterocycles. The Morgan fingerprint density at radius 1 is 1.53 bits per heavy atom. The molecule has 1 aliphatic heterocycles. The highest BCUT2D eigenvalue weighted by molar-refractivity contribution is 5.28. The zero-order chi connectivity index (χ0) is 10.7. The minimum atomic E-state index is -0.195. The van der Waals surface area contributed by atoms with E-state index >= 15 is 0 Å². The molecule has 0 aliphatic carbocycles. The van der Waals surface area contributed by atoms with Crippen LogP contribution in [0.2, 0.25) is 0 Å². The second-order valence-electron chi connectivity index (χ2n) is 3.86. The molecule has 0 amide bonds. The number of hydrogen-bond donors (Lipinski definition) is 0. The molecule has 1 heterocycles. The smallest absolute Gasteiger partial charge is 0.126 e. The summed E-state index contributed by atoms with van der Waals surface area (Å²) in [5, 5.41) is 0. The van der Waals surface area contributed by atoms with Crippen molar-refractivity contribution in [2.24, 2.45) is 0 Å². The Hall–Kier alpha value is -1.09. The van der Waals surface area contributed by atoms with E-state index in [4.69, 9.17) is 9.47 Å². The molecule has 0 unspecified atom stereocenters. The lowest BCUT2D eigenvalue weighted by Crippen LogP contribution is -2.16. The Morgan fingerprint density at radius 3 is 3.07 bits per heavy atom. The van der Waals surface area contributed by atoms with Crippen molar-refractivity contribution < 1.29 is 13.9 Å². The lowest BCUT2D eigenvalue weighted by molar-refractivity contribution is 0.0679. The number of aryl methyl sites for hydroxylation is 1. The normalized spacial score (nSPS) is 20.5. The molecule has 15 heavy (non-hydrogen) atoms. The van der Waals surface area contributed by atoms with E-state index in [1.165, 1.54) is 6.07 Å². The van der Waals surface area contributed by atoms with Crippen molar-refractivity contribution in [3.8, 4) is 5.75 Å². The molecular weight excluding hydrogens is 195 g/mol. The molecule has 0 aromatic heterocycles. The summed E-state index contributed by atoms with van der Waals surface area (Å²) in [6.07, 6.45) is 2.37. The van der Waals surface area contributed by atoms with Crippen molar-refractivity contribution in [1.82, 2.24) is 0 Å². The molecule has 0 saturated carbocycles. The van der Waals surface area contributed by atoms with Crippen molar-refractivity contribution in [3.05, 3.63) is 29.6 Å². The monoisotopic (exact) mass is 210 g/mol. The van der Waals surface area contributed by atoms with Gasteiger partial charge in [-0.3, -0.25) is 0 Å². The Kier molecular flexibility index (Phi) is 3.21. The molecule has 2 rings (SSSR count). The minimum absolute atomic E-state index is 0.195. The van der Waals surface area contributed by atoms with Gasteiger partial charge in [0, 0.05) is 6.61 Å². The molecular formula is C12H15FO2. The van der Waals surface area contributed by atoms with Crippen LogP contribution in [-0.4, -0.2) is 19.3 Å². The highest BCUT2D eigenvalue weighted by atomic mass is 19.1. The predicted octanol–water partition coefficient (Wildman–Crippen LogP) is 2.69. The summed E-state index contributed by atoms with van der Waals surface area (Å²) < 4.78 is 23.9. The first kappa shape index (κ1) is 10.4. The largest absolute Gasteiger partial charge is 0.491 e. The molecule has 1 aromatic rings. The minimum Gasteiger partial charge on any atom is -0.491 e. The van der Waals surface area contributed by atoms with Crippen molar-refractivity contribution in [2.75, 3.05) is 13.2 Å². The Labute approximate surface area is 89.0 Å². The highest BCUT2D eigenvalue weighted by Gasteiger charge is 2.15. The molecule has 82 valence electrons. The number of ether oxygens (including phenoxy) is 2. The predicted molar refractivity (Wildman–Crippen MR) is 55.6 cm³/mol. The van der Waals surface area contributed by atoms with Gasteiger partial charge in [-0.05, 0) is 43.5 Å². The zero-order valence-corrected chi connectivity index (χ0v) is 8.83. The molecule has 0 N–H and O–H groups in total. The fourth-order valence-electron chi connectivity index (χ4n) is 1.67. The van der Waals surface area contributed by atoms with E-state index < -0.39 is 0 Å². The van der Waals surface area contributed by atoms with Crippen LogP contribution < -0.4 is 4.74 Å². The van der Waals surface area contributed by atoms with Crippen molar-refractivity contribution in [3.63, 3.8) is 0 Å². The second kappa shape index (κ2) is 4.62. The van der Waals surface area contributed by atoms with Gasteiger partial charge in [-0.15, -0.1) is 0 Å². The van der Waals surface area contributed by atoms with Crippen LogP contribution in [0.3, 0.4) is 0 Å². The lowest BCUT2D eigenvalue weighted by atomic mass is 10.2. The standard InChI is InChI=1S/C12H15FO2/c1-9-7-10(4-5-12(9)13)15-8-11-3-2-6-14-11/h4-5,7,11H,2-3,6,8H2,1H3/t11-/m1/s1. The van der Waals surface area contributed by atoms with Crippen LogP contribution in [0.25, 0.3) is 0 Å². The van der Waals surface area contributed by atoms with Crippen LogP contribution in [0.4, 0.5) is 4.39 Å². The molecule has 0 bridgehead atoms. The maximum absolute atomic E-state index is 13.0. The van der Waals surface area contributed by atoms with Gasteiger partial charge in [0.05, 0.1) is 6.10 Å². The van der Waals surface area contributed by atoms with Gasteiger partial charge in [-0.2, -0.15) is 0 Å². The van der Waals surface area contributed by atoms with Gasteiger partial charge in [-0.25, -0.2) is 4.39 Å². The molecule has 1 aromatic carbocycles. The van der Waals surface area contributed by atoms with Crippen LogP contribution in [0.5, 0.6) is 5.75 Å². The summed E-state index contributed by atoms with van der Waals surface area (Å²) in [6, 6.07) is 4.79. The summed E-state index contributed by atoms with van der Waals surface area (Å²) in [6.45, 7) is 3.12. The number of halogens is 1. The highest BCUT2D eigenvalue weighted by Crippen LogP contribution is 2.18. The SMILES string of the molecule is Cc1cc(OC[C@H]2CCCO2)ccc1F. The quantitative estimate of drug-likeness (QED) is 0.763. The van der Waals surface area contributed by atoms with Gasteiger partial charge in [0.2, 0.25) is 0 Å². The molecule has 0 radical (unpaired) electrons. The first-order valence-electron chi connectivity index (χ1n) is 5.26. The van der Waals surface area contributed by atoms with Gasteiger partial charge in [0.1, 0.15) is 18.2 Å².